The molecule has 0 aliphatic carbocycles. The zero-order valence-electron chi connectivity index (χ0n) is 19.1. The number of nitrogens with zero attached hydrogens (tertiary/aromatic N) is 4. The van der Waals surface area contributed by atoms with Crippen molar-refractivity contribution in [2.45, 2.75) is 39.8 Å². The molecule has 1 N–H and O–H groups in total. The zero-order valence-corrected chi connectivity index (χ0v) is 19.1. The molecule has 1 aliphatic heterocycles. The van der Waals surface area contributed by atoms with Crippen LogP contribution in [-0.4, -0.2) is 38.7 Å². The van der Waals surface area contributed by atoms with Crippen molar-refractivity contribution in [3.63, 3.8) is 0 Å². The molecule has 1 aliphatic rings. The van der Waals surface area contributed by atoms with Crippen LogP contribution in [0, 0.1) is 12.8 Å². The molecule has 7 heteroatoms. The van der Waals surface area contributed by atoms with E-state index in [0.717, 1.165) is 46.7 Å². The van der Waals surface area contributed by atoms with Gasteiger partial charge in [0.1, 0.15) is 6.54 Å². The molecule has 0 spiro atoms. The van der Waals surface area contributed by atoms with E-state index in [2.05, 4.69) is 27.3 Å². The molecule has 5 rings (SSSR count). The van der Waals surface area contributed by atoms with Crippen LogP contribution in [0.4, 0.5) is 5.69 Å². The fraction of sp³-hybridized carbons (Fsp3) is 0.346. The van der Waals surface area contributed by atoms with Gasteiger partial charge in [0.25, 0.3) is 0 Å². The summed E-state index contributed by atoms with van der Waals surface area (Å²) in [5.74, 6) is 1.82. The van der Waals surface area contributed by atoms with Gasteiger partial charge in [0.2, 0.25) is 17.7 Å². The number of likely N-dealkylation sites (tertiary alicyclic amines) is 1. The van der Waals surface area contributed by atoms with E-state index in [1.807, 2.05) is 66.2 Å². The van der Waals surface area contributed by atoms with E-state index < -0.39 is 0 Å². The minimum Gasteiger partial charge on any atom is -0.419 e. The lowest BCUT2D eigenvalue weighted by Crippen LogP contribution is -2.32. The molecule has 0 saturated carbocycles. The molecular weight excluding hydrogens is 414 g/mol. The first kappa shape index (κ1) is 21.4. The summed E-state index contributed by atoms with van der Waals surface area (Å²) in [6, 6.07) is 15.8. The second-order valence-electron chi connectivity index (χ2n) is 9.06. The minimum absolute atomic E-state index is 0.0864. The standard InChI is InChI=1S/C26H29N5O2/c1-18-7-9-20(10-8-18)27-24(32)16-31-15-22(21-5-3-4-6-23(21)31)26-29-28-25(33-26)17-30-13-11-19(2)12-14-30/h3-10,15,19H,11-14,16-17H2,1-2H3,(H,27,32). The van der Waals surface area contributed by atoms with Gasteiger partial charge in [-0.1, -0.05) is 42.8 Å². The predicted molar refractivity (Wildman–Crippen MR) is 129 cm³/mol. The van der Waals surface area contributed by atoms with Gasteiger partial charge in [-0.2, -0.15) is 0 Å². The third-order valence-electron chi connectivity index (χ3n) is 6.37. The maximum atomic E-state index is 12.7. The Labute approximate surface area is 193 Å². The van der Waals surface area contributed by atoms with Crippen molar-refractivity contribution in [3.05, 3.63) is 66.2 Å². The van der Waals surface area contributed by atoms with Gasteiger partial charge in [0.15, 0.2) is 0 Å². The van der Waals surface area contributed by atoms with E-state index >= 15 is 0 Å². The van der Waals surface area contributed by atoms with Gasteiger partial charge in [-0.25, -0.2) is 0 Å². The minimum atomic E-state index is -0.0864. The number of hydrogen-bond donors (Lipinski definition) is 1. The summed E-state index contributed by atoms with van der Waals surface area (Å²) in [6.45, 7) is 7.33. The van der Waals surface area contributed by atoms with Crippen LogP contribution < -0.4 is 5.32 Å². The van der Waals surface area contributed by atoms with Crippen LogP contribution in [0.25, 0.3) is 22.4 Å². The second kappa shape index (κ2) is 9.19. The lowest BCUT2D eigenvalue weighted by atomic mass is 9.99. The summed E-state index contributed by atoms with van der Waals surface area (Å²) < 4.78 is 7.99. The second-order valence-corrected chi connectivity index (χ2v) is 9.06. The van der Waals surface area contributed by atoms with Crippen LogP contribution in [0.3, 0.4) is 0 Å². The Bertz CT molecular complexity index is 1250. The summed E-state index contributed by atoms with van der Waals surface area (Å²) >= 11 is 0. The number of carbonyl (C=O) groups is 1. The van der Waals surface area contributed by atoms with Crippen molar-refractivity contribution in [3.8, 4) is 11.5 Å². The Hall–Kier alpha value is -3.45. The number of aromatic nitrogens is 3. The molecule has 33 heavy (non-hydrogen) atoms. The van der Waals surface area contributed by atoms with Crippen LogP contribution >= 0.6 is 0 Å². The van der Waals surface area contributed by atoms with Crippen molar-refractivity contribution in [1.29, 1.82) is 0 Å². The Morgan fingerprint density at radius 1 is 1.09 bits per heavy atom. The van der Waals surface area contributed by atoms with Crippen LogP contribution in [-0.2, 0) is 17.9 Å². The molecule has 7 nitrogen and oxygen atoms in total. The summed E-state index contributed by atoms with van der Waals surface area (Å²) in [7, 11) is 0. The highest BCUT2D eigenvalue weighted by Gasteiger charge is 2.20. The SMILES string of the molecule is Cc1ccc(NC(=O)Cn2cc(-c3nnc(CN4CCC(C)CC4)o3)c3ccccc32)cc1. The van der Waals surface area contributed by atoms with Crippen molar-refractivity contribution in [1.82, 2.24) is 19.7 Å². The van der Waals surface area contributed by atoms with Crippen molar-refractivity contribution in [2.75, 3.05) is 18.4 Å². The van der Waals surface area contributed by atoms with E-state index in [1.165, 1.54) is 12.8 Å². The van der Waals surface area contributed by atoms with E-state index in [4.69, 9.17) is 4.42 Å². The monoisotopic (exact) mass is 443 g/mol. The number of piperidine rings is 1. The highest BCUT2D eigenvalue weighted by molar-refractivity contribution is 5.96. The van der Waals surface area contributed by atoms with Gasteiger partial charge < -0.3 is 14.3 Å². The van der Waals surface area contributed by atoms with Gasteiger partial charge in [0, 0.05) is 22.8 Å². The normalized spacial score (nSPS) is 15.2. The Morgan fingerprint density at radius 3 is 2.64 bits per heavy atom. The van der Waals surface area contributed by atoms with Gasteiger partial charge >= 0.3 is 0 Å². The third-order valence-corrected chi connectivity index (χ3v) is 6.37. The number of fused-ring (bicyclic) bond motifs is 1. The van der Waals surface area contributed by atoms with Crippen LogP contribution in [0.2, 0.25) is 0 Å². The Kier molecular flexibility index (Phi) is 5.96. The van der Waals surface area contributed by atoms with E-state index in [-0.39, 0.29) is 12.5 Å². The van der Waals surface area contributed by atoms with Crippen LogP contribution in [0.1, 0.15) is 31.2 Å². The number of hydrogen-bond acceptors (Lipinski definition) is 5. The van der Waals surface area contributed by atoms with Gasteiger partial charge in [-0.3, -0.25) is 9.69 Å². The molecule has 0 unspecified atom stereocenters. The summed E-state index contributed by atoms with van der Waals surface area (Å²) in [6.07, 6.45) is 4.34. The zero-order chi connectivity index (χ0) is 22.8. The van der Waals surface area contributed by atoms with Crippen molar-refractivity contribution >= 4 is 22.5 Å². The highest BCUT2D eigenvalue weighted by Crippen LogP contribution is 2.30. The predicted octanol–water partition coefficient (Wildman–Crippen LogP) is 4.87. The van der Waals surface area contributed by atoms with E-state index in [9.17, 15) is 4.79 Å². The molecule has 0 atom stereocenters. The van der Waals surface area contributed by atoms with Gasteiger partial charge in [0.05, 0.1) is 12.1 Å². The largest absolute Gasteiger partial charge is 0.419 e. The van der Waals surface area contributed by atoms with Crippen LogP contribution in [0.15, 0.2) is 59.1 Å². The number of nitrogens with one attached hydrogen (secondary N) is 1. The number of carbonyl (C=O) groups excluding carboxylic acids is 1. The topological polar surface area (TPSA) is 76.2 Å². The number of para-hydroxylation sites is 1. The first-order valence-corrected chi connectivity index (χ1v) is 11.5. The molecular formula is C26H29N5O2. The maximum absolute atomic E-state index is 12.7. The van der Waals surface area contributed by atoms with E-state index in [0.29, 0.717) is 18.3 Å². The fourth-order valence-corrected chi connectivity index (χ4v) is 4.38. The summed E-state index contributed by atoms with van der Waals surface area (Å²) in [5, 5.41) is 12.6. The van der Waals surface area contributed by atoms with Gasteiger partial charge in [-0.15, -0.1) is 10.2 Å². The number of amides is 1. The fourth-order valence-electron chi connectivity index (χ4n) is 4.38. The Morgan fingerprint density at radius 2 is 1.85 bits per heavy atom. The molecule has 1 saturated heterocycles. The average Bonchev–Trinajstić information content (AvgIpc) is 3.42. The highest BCUT2D eigenvalue weighted by atomic mass is 16.4. The Balaban J connectivity index is 1.35. The molecule has 2 aromatic heterocycles. The van der Waals surface area contributed by atoms with Crippen molar-refractivity contribution in [2.24, 2.45) is 5.92 Å². The number of aryl methyl sites for hydroxylation is 1. The summed E-state index contributed by atoms with van der Waals surface area (Å²) in [5.41, 5.74) is 3.75. The number of anilines is 1. The summed E-state index contributed by atoms with van der Waals surface area (Å²) in [4.78, 5) is 15.1. The average molecular weight is 444 g/mol. The third kappa shape index (κ3) is 4.83. The molecule has 0 bridgehead atoms. The van der Waals surface area contributed by atoms with E-state index in [1.54, 1.807) is 0 Å². The molecule has 1 fully saturated rings. The number of rotatable bonds is 6. The molecule has 170 valence electrons. The molecule has 3 heterocycles. The maximum Gasteiger partial charge on any atom is 0.249 e. The first-order valence-electron chi connectivity index (χ1n) is 11.5. The quantitative estimate of drug-likeness (QED) is 0.460. The lowest BCUT2D eigenvalue weighted by Gasteiger charge is -2.28. The first-order chi connectivity index (χ1) is 16.0. The molecule has 1 amide bonds. The number of benzene rings is 2. The van der Waals surface area contributed by atoms with Gasteiger partial charge in [-0.05, 0) is 57.0 Å². The molecule has 4 aromatic rings. The smallest absolute Gasteiger partial charge is 0.249 e. The lowest BCUT2D eigenvalue weighted by molar-refractivity contribution is -0.116. The molecule has 2 aromatic carbocycles. The van der Waals surface area contributed by atoms with Crippen molar-refractivity contribution < 1.29 is 9.21 Å². The molecule has 0 radical (unpaired) electrons. The van der Waals surface area contributed by atoms with Crippen LogP contribution in [0.5, 0.6) is 0 Å².